The van der Waals surface area contributed by atoms with E-state index in [9.17, 15) is 7.61 Å². The SMILES string of the molecule is CC[Si](CC)(CC)[O][Cr](=[O])(=[O])[OH]. The zero-order valence-corrected chi connectivity index (χ0v) is 9.98. The van der Waals surface area contributed by atoms with E-state index in [1.54, 1.807) is 0 Å². The normalized spacial score (nSPS) is 13.3. The standard InChI is InChI=1S/C6H15OSi.Cr.H2O.2O/c1-4-8(7,5-2)6-3;;;;/h4-6H2,1-3H3;;1H2;;/q-1;+2;;;/p-1. The van der Waals surface area contributed by atoms with Crippen LogP contribution in [-0.4, -0.2) is 12.5 Å². The molecule has 0 aliphatic carbocycles. The van der Waals surface area contributed by atoms with Gasteiger partial charge in [-0.3, -0.25) is 0 Å². The molecule has 0 aliphatic rings. The van der Waals surface area contributed by atoms with Crippen LogP contribution >= 0.6 is 0 Å². The first-order valence-corrected chi connectivity index (χ1v) is 8.73. The van der Waals surface area contributed by atoms with Crippen molar-refractivity contribution in [3.05, 3.63) is 0 Å². The van der Waals surface area contributed by atoms with Gasteiger partial charge < -0.3 is 0 Å². The van der Waals surface area contributed by atoms with Crippen LogP contribution in [0.15, 0.2) is 0 Å². The molecule has 74 valence electrons. The maximum atomic E-state index is 10.6. The zero-order valence-electron chi connectivity index (χ0n) is 7.70. The van der Waals surface area contributed by atoms with Crippen molar-refractivity contribution >= 4 is 8.32 Å². The molecule has 0 aromatic carbocycles. The summed E-state index contributed by atoms with van der Waals surface area (Å²) in [6.07, 6.45) is 0. The first-order chi connectivity index (χ1) is 5.39. The number of hydrogen-bond acceptors (Lipinski definition) is 3. The topological polar surface area (TPSA) is 63.6 Å². The van der Waals surface area contributed by atoms with Gasteiger partial charge in [0.15, 0.2) is 0 Å². The molecule has 6 heteroatoms. The van der Waals surface area contributed by atoms with Gasteiger partial charge >= 0.3 is 76.1 Å². The first-order valence-electron chi connectivity index (χ1n) is 4.07. The van der Waals surface area contributed by atoms with Gasteiger partial charge in [0.1, 0.15) is 0 Å². The summed E-state index contributed by atoms with van der Waals surface area (Å²) in [5.74, 6) is 0. The fourth-order valence-corrected chi connectivity index (χ4v) is 7.20. The fraction of sp³-hybridized carbons (Fsp3) is 1.00. The summed E-state index contributed by atoms with van der Waals surface area (Å²) in [7, 11) is -2.16. The van der Waals surface area contributed by atoms with E-state index in [0.717, 1.165) is 18.1 Å². The van der Waals surface area contributed by atoms with Gasteiger partial charge in [0.05, 0.1) is 0 Å². The molecule has 0 heterocycles. The molecule has 0 amide bonds. The van der Waals surface area contributed by atoms with E-state index in [0.29, 0.717) is 0 Å². The number of hydrogen-bond donors (Lipinski definition) is 1. The summed E-state index contributed by atoms with van der Waals surface area (Å²) in [5.41, 5.74) is 0. The van der Waals surface area contributed by atoms with Crippen molar-refractivity contribution < 1.29 is 28.9 Å². The third kappa shape index (κ3) is 3.78. The van der Waals surface area contributed by atoms with Crippen molar-refractivity contribution in [1.82, 2.24) is 0 Å². The summed E-state index contributed by atoms with van der Waals surface area (Å²) in [4.78, 5) is 0. The predicted molar refractivity (Wildman–Crippen MR) is 41.9 cm³/mol. The molecule has 0 bridgehead atoms. The van der Waals surface area contributed by atoms with Crippen molar-refractivity contribution in [2.24, 2.45) is 0 Å². The van der Waals surface area contributed by atoms with Crippen molar-refractivity contribution in [1.29, 1.82) is 0 Å². The molecule has 0 saturated carbocycles. The Hall–Kier alpha value is 0.269. The molecule has 0 saturated heterocycles. The van der Waals surface area contributed by atoms with Crippen LogP contribution in [0.1, 0.15) is 20.8 Å². The van der Waals surface area contributed by atoms with E-state index >= 15 is 0 Å². The molecule has 0 spiro atoms. The first kappa shape index (κ1) is 12.3. The summed E-state index contributed by atoms with van der Waals surface area (Å²) in [6, 6.07) is 2.18. The Bertz CT molecular complexity index is 211. The molecule has 0 radical (unpaired) electrons. The zero-order chi connectivity index (χ0) is 9.83. The van der Waals surface area contributed by atoms with Crippen LogP contribution in [0.3, 0.4) is 0 Å². The second kappa shape index (κ2) is 4.49. The molecule has 4 nitrogen and oxygen atoms in total. The van der Waals surface area contributed by atoms with Crippen LogP contribution in [-0.2, 0) is 24.7 Å². The molecular weight excluding hydrogens is 216 g/mol. The Balaban J connectivity index is 4.52. The summed E-state index contributed by atoms with van der Waals surface area (Å²) >= 11 is -4.96. The van der Waals surface area contributed by atoms with E-state index in [-0.39, 0.29) is 0 Å². The molecule has 0 aromatic heterocycles. The van der Waals surface area contributed by atoms with Crippen LogP contribution in [0.5, 0.6) is 0 Å². The second-order valence-corrected chi connectivity index (χ2v) is 9.53. The van der Waals surface area contributed by atoms with Crippen LogP contribution in [0, 0.1) is 0 Å². The van der Waals surface area contributed by atoms with Gasteiger partial charge in [0.2, 0.25) is 0 Å². The molecule has 0 fully saturated rings. The third-order valence-corrected chi connectivity index (χ3v) is 9.29. The van der Waals surface area contributed by atoms with Crippen LogP contribution in [0.25, 0.3) is 0 Å². The van der Waals surface area contributed by atoms with Crippen molar-refractivity contribution in [3.63, 3.8) is 0 Å². The van der Waals surface area contributed by atoms with E-state index in [1.165, 1.54) is 0 Å². The van der Waals surface area contributed by atoms with E-state index < -0.39 is 21.9 Å². The average Bonchev–Trinajstić information content (AvgIpc) is 1.99. The average molecular weight is 232 g/mol. The maximum absolute atomic E-state index is 10.6. The summed E-state index contributed by atoms with van der Waals surface area (Å²) in [6.45, 7) is 5.71. The summed E-state index contributed by atoms with van der Waals surface area (Å²) < 4.78 is 34.5. The van der Waals surface area contributed by atoms with Gasteiger partial charge in [-0.1, -0.05) is 0 Å². The Morgan fingerprint density at radius 3 is 1.58 bits per heavy atom. The monoisotopic (exact) mass is 232 g/mol. The molecule has 1 N–H and O–H groups in total. The molecule has 0 aliphatic heterocycles. The molecule has 0 unspecified atom stereocenters. The fourth-order valence-electron chi connectivity index (χ4n) is 1.15. The predicted octanol–water partition coefficient (Wildman–Crippen LogP) is 1.68. The van der Waals surface area contributed by atoms with Crippen LogP contribution in [0.2, 0.25) is 18.1 Å². The Labute approximate surface area is 76.4 Å². The Morgan fingerprint density at radius 1 is 1.17 bits per heavy atom. The molecule has 0 rings (SSSR count). The summed E-state index contributed by atoms with van der Waals surface area (Å²) in [5, 5.41) is 0. The van der Waals surface area contributed by atoms with Gasteiger partial charge in [-0.2, -0.15) is 0 Å². The minimum atomic E-state index is -4.96. The van der Waals surface area contributed by atoms with E-state index in [2.05, 4.69) is 0 Å². The molecule has 12 heavy (non-hydrogen) atoms. The quantitative estimate of drug-likeness (QED) is 0.732. The van der Waals surface area contributed by atoms with Gasteiger partial charge in [-0.05, 0) is 0 Å². The van der Waals surface area contributed by atoms with Gasteiger partial charge in [0.25, 0.3) is 0 Å². The van der Waals surface area contributed by atoms with Crippen molar-refractivity contribution in [2.75, 3.05) is 0 Å². The van der Waals surface area contributed by atoms with E-state index in [1.807, 2.05) is 20.8 Å². The minimum absolute atomic E-state index is 0.726. The Kier molecular flexibility index (Phi) is 4.59. The van der Waals surface area contributed by atoms with Crippen LogP contribution < -0.4 is 0 Å². The van der Waals surface area contributed by atoms with Crippen molar-refractivity contribution in [2.45, 2.75) is 38.9 Å². The van der Waals surface area contributed by atoms with E-state index in [4.69, 9.17) is 7.64 Å². The number of rotatable bonds is 5. The second-order valence-electron chi connectivity index (χ2n) is 2.75. The van der Waals surface area contributed by atoms with Gasteiger partial charge in [-0.25, -0.2) is 0 Å². The molecular formula is C6H16CrO4Si. The molecule has 0 aromatic rings. The Morgan fingerprint density at radius 2 is 1.50 bits per heavy atom. The van der Waals surface area contributed by atoms with Gasteiger partial charge in [0, 0.05) is 0 Å². The van der Waals surface area contributed by atoms with Crippen LogP contribution in [0.4, 0.5) is 0 Å². The molecule has 0 atom stereocenters. The van der Waals surface area contributed by atoms with Gasteiger partial charge in [-0.15, -0.1) is 0 Å². The third-order valence-electron chi connectivity index (χ3n) is 2.22. The van der Waals surface area contributed by atoms with Crippen molar-refractivity contribution in [3.8, 4) is 0 Å².